The lowest BCUT2D eigenvalue weighted by molar-refractivity contribution is -0.189. The average molecular weight is 609 g/mol. The van der Waals surface area contributed by atoms with E-state index < -0.39 is 58.3 Å². The lowest BCUT2D eigenvalue weighted by Gasteiger charge is -2.20. The summed E-state index contributed by atoms with van der Waals surface area (Å²) in [4.78, 5) is 0. The van der Waals surface area contributed by atoms with E-state index in [0.29, 0.717) is 23.6 Å². The van der Waals surface area contributed by atoms with Crippen LogP contribution in [0.25, 0.3) is 22.3 Å². The van der Waals surface area contributed by atoms with Crippen LogP contribution in [0, 0.1) is 35.0 Å². The van der Waals surface area contributed by atoms with E-state index in [1.165, 1.54) is 23.3 Å². The first-order valence-corrected chi connectivity index (χ1v) is 13.0. The van der Waals surface area contributed by atoms with Crippen LogP contribution < -0.4 is 9.47 Å². The molecule has 0 heterocycles. The minimum atomic E-state index is -4.80. The van der Waals surface area contributed by atoms with Crippen LogP contribution >= 0.6 is 0 Å². The number of fused-ring (bicyclic) bond motifs is 1. The Labute approximate surface area is 240 Å². The highest BCUT2D eigenvalue weighted by Gasteiger charge is 2.41. The normalized spacial score (nSPS) is 14.4. The molecule has 0 fully saturated rings. The largest absolute Gasteiger partial charge is 0.453 e. The molecule has 1 aliphatic carbocycles. The fraction of sp³-hybridized carbons (Fsp3) is 0.188. The van der Waals surface area contributed by atoms with E-state index in [2.05, 4.69) is 16.4 Å². The van der Waals surface area contributed by atoms with Crippen molar-refractivity contribution in [2.75, 3.05) is 0 Å². The van der Waals surface area contributed by atoms with Crippen molar-refractivity contribution in [3.05, 3.63) is 119 Å². The molecule has 0 N–H and O–H groups in total. The summed E-state index contributed by atoms with van der Waals surface area (Å²) in [6.07, 6.45) is -4.57. The number of halogens is 9. The molecular weight excluding hydrogens is 587 g/mol. The lowest BCUT2D eigenvalue weighted by Crippen LogP contribution is -2.25. The number of rotatable bonds is 8. The van der Waals surface area contributed by atoms with Crippen LogP contribution in [0.4, 0.5) is 39.5 Å². The molecule has 0 saturated carbocycles. The van der Waals surface area contributed by atoms with Gasteiger partial charge in [-0.2, -0.15) is 17.6 Å². The average Bonchev–Trinajstić information content (AvgIpc) is 3.34. The van der Waals surface area contributed by atoms with Crippen molar-refractivity contribution >= 4 is 0 Å². The number of benzene rings is 4. The zero-order valence-electron chi connectivity index (χ0n) is 22.3. The Kier molecular flexibility index (Phi) is 8.18. The SMILES string of the molecule is CCC1Cc2ccc(-c3ccc(-c4cc(F)c(C(F)(F)Oc5cc(F)c(OC=C(F)F)c(F)c5)c(F)c4)c(F)c3)cc2C1. The molecule has 0 radical (unpaired) electrons. The smallest absolute Gasteiger partial charge is 0.432 e. The Hall–Kier alpha value is -4.41. The van der Waals surface area contributed by atoms with Gasteiger partial charge < -0.3 is 9.47 Å². The van der Waals surface area contributed by atoms with Crippen LogP contribution in [0.1, 0.15) is 30.0 Å². The predicted molar refractivity (Wildman–Crippen MR) is 140 cm³/mol. The maximum atomic E-state index is 15.2. The van der Waals surface area contributed by atoms with E-state index in [4.69, 9.17) is 0 Å². The summed E-state index contributed by atoms with van der Waals surface area (Å²) < 4.78 is 135. The second-order valence-electron chi connectivity index (χ2n) is 10.0. The molecule has 1 atom stereocenters. The second kappa shape index (κ2) is 11.7. The van der Waals surface area contributed by atoms with E-state index in [1.54, 1.807) is 6.07 Å². The summed E-state index contributed by atoms with van der Waals surface area (Å²) in [5.41, 5.74) is 1.14. The quantitative estimate of drug-likeness (QED) is 0.146. The van der Waals surface area contributed by atoms with Crippen molar-refractivity contribution in [3.63, 3.8) is 0 Å². The van der Waals surface area contributed by atoms with Gasteiger partial charge in [0.1, 0.15) is 28.8 Å². The van der Waals surface area contributed by atoms with Crippen molar-refractivity contribution in [1.82, 2.24) is 0 Å². The monoisotopic (exact) mass is 608 g/mol. The summed E-state index contributed by atoms with van der Waals surface area (Å²) in [6, 6.07) is 11.1. The maximum absolute atomic E-state index is 15.2. The van der Waals surface area contributed by atoms with E-state index in [-0.39, 0.29) is 29.5 Å². The number of hydrogen-bond acceptors (Lipinski definition) is 2. The Bertz CT molecular complexity index is 1680. The Morgan fingerprint density at radius 1 is 0.744 bits per heavy atom. The van der Waals surface area contributed by atoms with Crippen LogP contribution in [-0.4, -0.2) is 0 Å². The summed E-state index contributed by atoms with van der Waals surface area (Å²) in [5, 5.41) is 0. The summed E-state index contributed by atoms with van der Waals surface area (Å²) in [5.74, 6) is -9.93. The van der Waals surface area contributed by atoms with Crippen LogP contribution in [-0.2, 0) is 19.0 Å². The van der Waals surface area contributed by atoms with Crippen molar-refractivity contribution in [2.45, 2.75) is 32.3 Å². The van der Waals surface area contributed by atoms with E-state index >= 15 is 4.39 Å². The molecule has 1 aliphatic rings. The molecular formula is C32H21F9O2. The van der Waals surface area contributed by atoms with Gasteiger partial charge in [-0.1, -0.05) is 43.7 Å². The third-order valence-electron chi connectivity index (χ3n) is 7.23. The first-order chi connectivity index (χ1) is 20.4. The summed E-state index contributed by atoms with van der Waals surface area (Å²) in [6.45, 7) is 2.12. The molecule has 224 valence electrons. The van der Waals surface area contributed by atoms with Gasteiger partial charge in [-0.15, -0.1) is 0 Å². The van der Waals surface area contributed by atoms with Crippen LogP contribution in [0.3, 0.4) is 0 Å². The highest BCUT2D eigenvalue weighted by atomic mass is 19.3. The third kappa shape index (κ3) is 6.21. The predicted octanol–water partition coefficient (Wildman–Crippen LogP) is 10.1. The number of hydrogen-bond donors (Lipinski definition) is 0. The molecule has 0 aromatic heterocycles. The van der Waals surface area contributed by atoms with Gasteiger partial charge in [-0.3, -0.25) is 0 Å². The van der Waals surface area contributed by atoms with Gasteiger partial charge in [0.25, 0.3) is 0 Å². The van der Waals surface area contributed by atoms with Crippen LogP contribution in [0.5, 0.6) is 11.5 Å². The number of alkyl halides is 2. The van der Waals surface area contributed by atoms with Gasteiger partial charge in [-0.05, 0) is 64.8 Å². The fourth-order valence-corrected chi connectivity index (χ4v) is 5.12. The maximum Gasteiger partial charge on any atom is 0.432 e. The van der Waals surface area contributed by atoms with E-state index in [1.807, 2.05) is 18.2 Å². The molecule has 0 bridgehead atoms. The minimum absolute atomic E-state index is 0.153. The molecule has 11 heteroatoms. The zero-order chi connectivity index (χ0) is 31.1. The molecule has 0 amide bonds. The van der Waals surface area contributed by atoms with Gasteiger partial charge in [0.05, 0.1) is 0 Å². The van der Waals surface area contributed by atoms with Crippen LogP contribution in [0.2, 0.25) is 0 Å². The third-order valence-corrected chi connectivity index (χ3v) is 7.23. The molecule has 2 nitrogen and oxygen atoms in total. The first-order valence-electron chi connectivity index (χ1n) is 13.0. The molecule has 0 saturated heterocycles. The molecule has 4 aromatic rings. The Morgan fingerprint density at radius 2 is 1.33 bits per heavy atom. The van der Waals surface area contributed by atoms with Gasteiger partial charge in [0, 0.05) is 17.7 Å². The molecule has 4 aromatic carbocycles. The molecule has 1 unspecified atom stereocenters. The number of ether oxygens (including phenoxy) is 2. The highest BCUT2D eigenvalue weighted by Crippen LogP contribution is 2.40. The highest BCUT2D eigenvalue weighted by molar-refractivity contribution is 5.72. The molecule has 0 aliphatic heterocycles. The Morgan fingerprint density at radius 3 is 1.93 bits per heavy atom. The summed E-state index contributed by atoms with van der Waals surface area (Å²) in [7, 11) is 0. The van der Waals surface area contributed by atoms with Crippen molar-refractivity contribution in [1.29, 1.82) is 0 Å². The van der Waals surface area contributed by atoms with Crippen LogP contribution in [0.15, 0.2) is 73.0 Å². The molecule has 5 rings (SSSR count). The fourth-order valence-electron chi connectivity index (χ4n) is 5.12. The zero-order valence-corrected chi connectivity index (χ0v) is 22.3. The standard InChI is InChI=1S/C32H21F9O2/c1-2-16-7-17-3-4-18(9-20(17)8-16)19-5-6-23(24(33)10-19)21-11-25(34)30(26(35)12-21)32(40,41)43-22-13-27(36)31(28(37)14-22)42-15-29(38)39/h3-6,9-16H,2,7-8H2,1H3. The van der Waals surface area contributed by atoms with E-state index in [0.717, 1.165) is 24.8 Å². The van der Waals surface area contributed by atoms with E-state index in [9.17, 15) is 35.1 Å². The molecule has 43 heavy (non-hydrogen) atoms. The van der Waals surface area contributed by atoms with Gasteiger partial charge >= 0.3 is 12.2 Å². The molecule has 0 spiro atoms. The van der Waals surface area contributed by atoms with Crippen molar-refractivity contribution in [2.24, 2.45) is 5.92 Å². The lowest BCUT2D eigenvalue weighted by atomic mass is 9.96. The van der Waals surface area contributed by atoms with Crippen molar-refractivity contribution < 1.29 is 49.0 Å². The van der Waals surface area contributed by atoms with Gasteiger partial charge in [0.15, 0.2) is 23.6 Å². The van der Waals surface area contributed by atoms with Crippen molar-refractivity contribution in [3.8, 4) is 33.8 Å². The topological polar surface area (TPSA) is 18.5 Å². The van der Waals surface area contributed by atoms with Gasteiger partial charge in [-0.25, -0.2) is 22.0 Å². The second-order valence-corrected chi connectivity index (χ2v) is 10.0. The van der Waals surface area contributed by atoms with Gasteiger partial charge in [0.2, 0.25) is 0 Å². The Balaban J connectivity index is 1.40. The summed E-state index contributed by atoms with van der Waals surface area (Å²) >= 11 is 0. The first kappa shape index (κ1) is 30.1. The minimum Gasteiger partial charge on any atom is -0.453 e.